The van der Waals surface area contributed by atoms with Gasteiger partial charge in [-0.15, -0.1) is 0 Å². The number of thiazole rings is 1. The van der Waals surface area contributed by atoms with Crippen molar-refractivity contribution in [3.63, 3.8) is 0 Å². The SMILES string of the molecule is CNc1nc(C)c(C(=O)CCN2CCCCC2)s1. The van der Waals surface area contributed by atoms with Gasteiger partial charge in [0.1, 0.15) is 0 Å². The Morgan fingerprint density at radius 3 is 2.72 bits per heavy atom. The summed E-state index contributed by atoms with van der Waals surface area (Å²) in [4.78, 5) is 19.7. The number of nitrogens with zero attached hydrogens (tertiary/aromatic N) is 2. The minimum Gasteiger partial charge on any atom is -0.365 e. The van der Waals surface area contributed by atoms with Crippen molar-refractivity contribution in [3.8, 4) is 0 Å². The number of carbonyl (C=O) groups excluding carboxylic acids is 1. The second-order valence-corrected chi connectivity index (χ2v) is 5.76. The largest absolute Gasteiger partial charge is 0.365 e. The molecule has 1 aromatic heterocycles. The van der Waals surface area contributed by atoms with Crippen LogP contribution in [0.3, 0.4) is 0 Å². The standard InChI is InChI=1S/C13H21N3OS/c1-10-12(18-13(14-2)15-10)11(17)6-9-16-7-4-3-5-8-16/h3-9H2,1-2H3,(H,14,15). The van der Waals surface area contributed by atoms with E-state index in [2.05, 4.69) is 15.2 Å². The number of Topliss-reactive ketones (excluding diaryl/α,β-unsaturated/α-hetero) is 1. The van der Waals surface area contributed by atoms with Crippen LogP contribution in [0.4, 0.5) is 5.13 Å². The Labute approximate surface area is 112 Å². The quantitative estimate of drug-likeness (QED) is 0.833. The zero-order chi connectivity index (χ0) is 13.0. The number of likely N-dealkylation sites (tertiary alicyclic amines) is 1. The van der Waals surface area contributed by atoms with Gasteiger partial charge in [0.05, 0.1) is 10.6 Å². The van der Waals surface area contributed by atoms with Crippen molar-refractivity contribution < 1.29 is 4.79 Å². The number of aryl methyl sites for hydroxylation is 1. The van der Waals surface area contributed by atoms with Crippen LogP contribution in [0.2, 0.25) is 0 Å². The molecule has 0 aliphatic carbocycles. The first kappa shape index (κ1) is 13.5. The number of nitrogens with one attached hydrogen (secondary N) is 1. The maximum Gasteiger partial charge on any atom is 0.183 e. The van der Waals surface area contributed by atoms with Crippen LogP contribution >= 0.6 is 11.3 Å². The predicted octanol–water partition coefficient (Wildman–Crippen LogP) is 2.55. The number of hydrogen-bond acceptors (Lipinski definition) is 5. The smallest absolute Gasteiger partial charge is 0.183 e. The minimum atomic E-state index is 0.233. The van der Waals surface area contributed by atoms with E-state index in [4.69, 9.17) is 0 Å². The highest BCUT2D eigenvalue weighted by Crippen LogP contribution is 2.23. The first-order valence-electron chi connectivity index (χ1n) is 6.61. The van der Waals surface area contributed by atoms with E-state index in [0.717, 1.165) is 35.3 Å². The highest BCUT2D eigenvalue weighted by atomic mass is 32.1. The fourth-order valence-corrected chi connectivity index (χ4v) is 3.21. The van der Waals surface area contributed by atoms with Crippen LogP contribution in [0.25, 0.3) is 0 Å². The fourth-order valence-electron chi connectivity index (χ4n) is 2.32. The van der Waals surface area contributed by atoms with Crippen LogP contribution in [0, 0.1) is 6.92 Å². The molecule has 0 unspecified atom stereocenters. The molecule has 1 N–H and O–H groups in total. The van der Waals surface area contributed by atoms with Crippen LogP contribution in [-0.2, 0) is 0 Å². The number of rotatable bonds is 5. The first-order chi connectivity index (χ1) is 8.70. The van der Waals surface area contributed by atoms with Crippen LogP contribution < -0.4 is 5.32 Å². The monoisotopic (exact) mass is 267 g/mol. The Hall–Kier alpha value is -0.940. The maximum atomic E-state index is 12.2. The number of anilines is 1. The molecule has 0 aromatic carbocycles. The van der Waals surface area contributed by atoms with E-state index in [1.54, 1.807) is 0 Å². The maximum absolute atomic E-state index is 12.2. The summed E-state index contributed by atoms with van der Waals surface area (Å²) in [6.07, 6.45) is 4.51. The van der Waals surface area contributed by atoms with Crippen molar-refractivity contribution in [3.05, 3.63) is 10.6 Å². The molecule has 18 heavy (non-hydrogen) atoms. The van der Waals surface area contributed by atoms with Gasteiger partial charge in [0.25, 0.3) is 0 Å². The molecule has 1 aliphatic heterocycles. The molecule has 1 aliphatic rings. The van der Waals surface area contributed by atoms with Crippen LogP contribution in [0.5, 0.6) is 0 Å². The molecule has 1 fully saturated rings. The third-order valence-electron chi connectivity index (χ3n) is 3.37. The third-order valence-corrected chi connectivity index (χ3v) is 4.58. The average Bonchev–Trinajstić information content (AvgIpc) is 2.78. The van der Waals surface area contributed by atoms with Crippen LogP contribution in [0.1, 0.15) is 41.0 Å². The van der Waals surface area contributed by atoms with E-state index in [-0.39, 0.29) is 5.78 Å². The van der Waals surface area contributed by atoms with Gasteiger partial charge in [-0.1, -0.05) is 17.8 Å². The molecule has 0 saturated carbocycles. The molecule has 0 amide bonds. The molecule has 0 radical (unpaired) electrons. The van der Waals surface area contributed by atoms with Gasteiger partial charge in [-0.05, 0) is 32.9 Å². The van der Waals surface area contributed by atoms with Gasteiger partial charge in [-0.2, -0.15) is 0 Å². The summed E-state index contributed by atoms with van der Waals surface area (Å²) < 4.78 is 0. The van der Waals surface area contributed by atoms with Gasteiger partial charge in [0, 0.05) is 20.0 Å². The molecule has 2 heterocycles. The Morgan fingerprint density at radius 1 is 1.39 bits per heavy atom. The molecule has 100 valence electrons. The van der Waals surface area contributed by atoms with Crippen LogP contribution in [0.15, 0.2) is 0 Å². The molecule has 5 heteroatoms. The summed E-state index contributed by atoms with van der Waals surface area (Å²) in [5.41, 5.74) is 0.855. The number of hydrogen-bond donors (Lipinski definition) is 1. The minimum absolute atomic E-state index is 0.233. The van der Waals surface area contributed by atoms with Crippen molar-refractivity contribution in [1.82, 2.24) is 9.88 Å². The highest BCUT2D eigenvalue weighted by molar-refractivity contribution is 7.17. The Kier molecular flexibility index (Phi) is 4.72. The van der Waals surface area contributed by atoms with E-state index in [9.17, 15) is 4.79 Å². The topological polar surface area (TPSA) is 45.2 Å². The van der Waals surface area contributed by atoms with Crippen molar-refractivity contribution in [2.24, 2.45) is 0 Å². The van der Waals surface area contributed by atoms with E-state index < -0.39 is 0 Å². The molecule has 4 nitrogen and oxygen atoms in total. The second kappa shape index (κ2) is 6.29. The van der Waals surface area contributed by atoms with Crippen molar-refractivity contribution in [2.75, 3.05) is 32.0 Å². The summed E-state index contributed by atoms with van der Waals surface area (Å²) in [6, 6.07) is 0. The van der Waals surface area contributed by atoms with E-state index in [1.807, 2.05) is 14.0 Å². The molecule has 0 bridgehead atoms. The Balaban J connectivity index is 1.88. The summed E-state index contributed by atoms with van der Waals surface area (Å²) in [7, 11) is 1.83. The lowest BCUT2D eigenvalue weighted by Gasteiger charge is -2.25. The lowest BCUT2D eigenvalue weighted by molar-refractivity contribution is 0.0962. The Bertz CT molecular complexity index is 410. The molecular formula is C13H21N3OS. The van der Waals surface area contributed by atoms with Gasteiger partial charge >= 0.3 is 0 Å². The van der Waals surface area contributed by atoms with Crippen molar-refractivity contribution in [1.29, 1.82) is 0 Å². The zero-order valence-electron chi connectivity index (χ0n) is 11.2. The summed E-state index contributed by atoms with van der Waals surface area (Å²) in [6.45, 7) is 5.10. The first-order valence-corrected chi connectivity index (χ1v) is 7.43. The molecule has 1 aromatic rings. The van der Waals surface area contributed by atoms with Crippen molar-refractivity contribution >= 4 is 22.3 Å². The molecule has 1 saturated heterocycles. The van der Waals surface area contributed by atoms with Gasteiger partial charge in [0.2, 0.25) is 0 Å². The number of piperidine rings is 1. The summed E-state index contributed by atoms with van der Waals surface area (Å²) >= 11 is 1.46. The molecular weight excluding hydrogens is 246 g/mol. The van der Waals surface area contributed by atoms with E-state index >= 15 is 0 Å². The fraction of sp³-hybridized carbons (Fsp3) is 0.692. The molecule has 0 atom stereocenters. The highest BCUT2D eigenvalue weighted by Gasteiger charge is 2.17. The lowest BCUT2D eigenvalue weighted by atomic mass is 10.1. The number of aromatic nitrogens is 1. The normalized spacial score (nSPS) is 16.8. The molecule has 0 spiro atoms. The number of ketones is 1. The van der Waals surface area contributed by atoms with Gasteiger partial charge in [-0.3, -0.25) is 4.79 Å². The summed E-state index contributed by atoms with van der Waals surface area (Å²) in [5, 5.41) is 3.82. The zero-order valence-corrected chi connectivity index (χ0v) is 12.0. The summed E-state index contributed by atoms with van der Waals surface area (Å²) in [5.74, 6) is 0.233. The average molecular weight is 267 g/mol. The lowest BCUT2D eigenvalue weighted by Crippen LogP contribution is -2.31. The van der Waals surface area contributed by atoms with Crippen LogP contribution in [-0.4, -0.2) is 42.3 Å². The van der Waals surface area contributed by atoms with E-state index in [0.29, 0.717) is 6.42 Å². The predicted molar refractivity (Wildman–Crippen MR) is 75.6 cm³/mol. The van der Waals surface area contributed by atoms with Gasteiger partial charge < -0.3 is 10.2 Å². The molecule has 2 rings (SSSR count). The second-order valence-electron chi connectivity index (χ2n) is 4.76. The van der Waals surface area contributed by atoms with E-state index in [1.165, 1.54) is 30.6 Å². The van der Waals surface area contributed by atoms with Gasteiger partial charge in [0.15, 0.2) is 10.9 Å². The number of carbonyl (C=O) groups is 1. The third kappa shape index (κ3) is 3.29. The van der Waals surface area contributed by atoms with Crippen molar-refractivity contribution in [2.45, 2.75) is 32.6 Å². The Morgan fingerprint density at radius 2 is 2.11 bits per heavy atom. The van der Waals surface area contributed by atoms with Gasteiger partial charge in [-0.25, -0.2) is 4.98 Å².